The van der Waals surface area contributed by atoms with E-state index in [4.69, 9.17) is 4.74 Å². The Hall–Kier alpha value is -1.47. The number of rotatable bonds is 3. The minimum atomic E-state index is -0.322. The highest BCUT2D eigenvalue weighted by molar-refractivity contribution is 7.12. The molecule has 1 amide bonds. The van der Waals surface area contributed by atoms with Gasteiger partial charge in [0.1, 0.15) is 6.10 Å². The fourth-order valence-corrected chi connectivity index (χ4v) is 3.31. The first kappa shape index (κ1) is 12.6. The van der Waals surface area contributed by atoms with Crippen molar-refractivity contribution >= 4 is 28.6 Å². The number of halogens is 1. The van der Waals surface area contributed by atoms with Crippen molar-refractivity contribution in [2.75, 3.05) is 13.1 Å². The predicted octanol–water partition coefficient (Wildman–Crippen LogP) is 2.56. The third kappa shape index (κ3) is 2.48. The van der Waals surface area contributed by atoms with E-state index in [0.29, 0.717) is 28.7 Å². The van der Waals surface area contributed by atoms with Crippen molar-refractivity contribution in [3.63, 3.8) is 0 Å². The highest BCUT2D eigenvalue weighted by atomic mass is 32.1. The summed E-state index contributed by atoms with van der Waals surface area (Å²) >= 11 is 2.33. The molecule has 0 bridgehead atoms. The number of hydrogen-bond acceptors (Lipinski definition) is 5. The van der Waals surface area contributed by atoms with E-state index in [-0.39, 0.29) is 17.1 Å². The molecule has 1 fully saturated rings. The molecule has 0 aromatic carbocycles. The quantitative estimate of drug-likeness (QED) is 0.874. The molecule has 100 valence electrons. The van der Waals surface area contributed by atoms with Gasteiger partial charge >= 0.3 is 0 Å². The lowest BCUT2D eigenvalue weighted by atomic mass is 10.1. The molecule has 0 atom stereocenters. The Morgan fingerprint density at radius 3 is 2.95 bits per heavy atom. The third-order valence-electron chi connectivity index (χ3n) is 2.89. The highest BCUT2D eigenvalue weighted by Crippen LogP contribution is 2.26. The maximum atomic E-state index is 13.1. The minimum absolute atomic E-state index is 0.0137. The van der Waals surface area contributed by atoms with Gasteiger partial charge in [0.2, 0.25) is 0 Å². The molecule has 0 unspecified atom stereocenters. The van der Waals surface area contributed by atoms with Crippen LogP contribution in [0.4, 0.5) is 4.39 Å². The summed E-state index contributed by atoms with van der Waals surface area (Å²) in [7, 11) is 0. The number of amides is 1. The number of thiazole rings is 1. The molecule has 0 aliphatic carbocycles. The van der Waals surface area contributed by atoms with E-state index in [9.17, 15) is 9.18 Å². The van der Waals surface area contributed by atoms with Crippen LogP contribution in [0.1, 0.15) is 15.2 Å². The van der Waals surface area contributed by atoms with Gasteiger partial charge in [-0.05, 0) is 18.6 Å². The highest BCUT2D eigenvalue weighted by Gasteiger charge is 2.34. The fraction of sp³-hybridized carbons (Fsp3) is 0.333. The summed E-state index contributed by atoms with van der Waals surface area (Å²) in [5.74, 6) is -0.120. The van der Waals surface area contributed by atoms with Crippen LogP contribution >= 0.6 is 22.7 Å². The number of ether oxygens (including phenoxy) is 1. The van der Waals surface area contributed by atoms with Crippen LogP contribution in [-0.4, -0.2) is 35.0 Å². The summed E-state index contributed by atoms with van der Waals surface area (Å²) in [6, 6.07) is 1.39. The van der Waals surface area contributed by atoms with E-state index >= 15 is 0 Å². The van der Waals surface area contributed by atoms with Crippen molar-refractivity contribution < 1.29 is 13.9 Å². The smallest absolute Gasteiger partial charge is 0.273 e. The van der Waals surface area contributed by atoms with E-state index in [2.05, 4.69) is 4.98 Å². The maximum absolute atomic E-state index is 13.1. The van der Waals surface area contributed by atoms with Gasteiger partial charge in [-0.15, -0.1) is 11.3 Å². The lowest BCUT2D eigenvalue weighted by molar-refractivity contribution is 0.0180. The summed E-state index contributed by atoms with van der Waals surface area (Å²) in [6.07, 6.45) is 1.67. The molecule has 4 nitrogen and oxygen atoms in total. The average molecular weight is 298 g/mol. The number of likely N-dealkylation sites (tertiary alicyclic amines) is 1. The number of thiophene rings is 1. The topological polar surface area (TPSA) is 42.4 Å². The van der Waals surface area contributed by atoms with E-state index in [0.717, 1.165) is 11.3 Å². The molecule has 1 aliphatic heterocycles. The lowest BCUT2D eigenvalue weighted by Gasteiger charge is -2.38. The van der Waals surface area contributed by atoms with Gasteiger partial charge in [-0.3, -0.25) is 4.79 Å². The molecule has 0 N–H and O–H groups in total. The van der Waals surface area contributed by atoms with Crippen LogP contribution in [0.3, 0.4) is 0 Å². The SMILES string of the molecule is Cc1cc(F)sc1C(=O)N1CC(Oc2nccs2)C1. The van der Waals surface area contributed by atoms with E-state index in [1.807, 2.05) is 5.38 Å². The zero-order valence-electron chi connectivity index (χ0n) is 10.1. The molecule has 7 heteroatoms. The summed E-state index contributed by atoms with van der Waals surface area (Å²) in [5.41, 5.74) is 0.691. The second-order valence-electron chi connectivity index (χ2n) is 4.31. The molecule has 3 heterocycles. The minimum Gasteiger partial charge on any atom is -0.463 e. The Balaban J connectivity index is 1.58. The van der Waals surface area contributed by atoms with Gasteiger partial charge in [0.05, 0.1) is 18.0 Å². The van der Waals surface area contributed by atoms with Crippen LogP contribution < -0.4 is 4.74 Å². The average Bonchev–Trinajstić information content (AvgIpc) is 2.92. The molecule has 2 aromatic heterocycles. The Bertz CT molecular complexity index is 591. The molecule has 1 aliphatic rings. The first-order valence-electron chi connectivity index (χ1n) is 5.75. The summed E-state index contributed by atoms with van der Waals surface area (Å²) in [5, 5.41) is 2.14. The van der Waals surface area contributed by atoms with Crippen molar-refractivity contribution in [1.29, 1.82) is 0 Å². The van der Waals surface area contributed by atoms with Crippen LogP contribution in [-0.2, 0) is 0 Å². The standard InChI is InChI=1S/C12H11FN2O2S2/c1-7-4-9(13)19-10(7)11(16)15-5-8(6-15)17-12-14-2-3-18-12/h2-4,8H,5-6H2,1H3. The van der Waals surface area contributed by atoms with Crippen LogP contribution in [0, 0.1) is 12.1 Å². The van der Waals surface area contributed by atoms with Crippen LogP contribution in [0.25, 0.3) is 0 Å². The van der Waals surface area contributed by atoms with Gasteiger partial charge in [0, 0.05) is 11.6 Å². The van der Waals surface area contributed by atoms with Gasteiger partial charge in [0.15, 0.2) is 5.13 Å². The molecule has 1 saturated heterocycles. The molecule has 0 spiro atoms. The molecule has 0 radical (unpaired) electrons. The Labute approximate surface area is 117 Å². The van der Waals surface area contributed by atoms with Crippen LogP contribution in [0.2, 0.25) is 0 Å². The predicted molar refractivity (Wildman–Crippen MR) is 71.4 cm³/mol. The summed E-state index contributed by atoms with van der Waals surface area (Å²) in [6.45, 7) is 2.80. The van der Waals surface area contributed by atoms with Gasteiger partial charge in [-0.1, -0.05) is 11.3 Å². The summed E-state index contributed by atoms with van der Waals surface area (Å²) < 4.78 is 18.7. The first-order chi connectivity index (χ1) is 9.13. The number of nitrogens with zero attached hydrogens (tertiary/aromatic N) is 2. The number of carbonyl (C=O) groups excluding carboxylic acids is 1. The Morgan fingerprint density at radius 2 is 2.37 bits per heavy atom. The van der Waals surface area contributed by atoms with Crippen molar-refractivity contribution in [3.05, 3.63) is 33.2 Å². The number of carbonyl (C=O) groups is 1. The van der Waals surface area contributed by atoms with Crippen molar-refractivity contribution in [3.8, 4) is 5.19 Å². The molecule has 3 rings (SSSR count). The van der Waals surface area contributed by atoms with Crippen molar-refractivity contribution in [2.24, 2.45) is 0 Å². The van der Waals surface area contributed by atoms with Crippen LogP contribution in [0.5, 0.6) is 5.19 Å². The zero-order valence-corrected chi connectivity index (χ0v) is 11.8. The van der Waals surface area contributed by atoms with E-state index < -0.39 is 0 Å². The zero-order chi connectivity index (χ0) is 13.4. The largest absolute Gasteiger partial charge is 0.463 e. The normalized spacial score (nSPS) is 15.4. The number of hydrogen-bond donors (Lipinski definition) is 0. The Kier molecular flexibility index (Phi) is 3.24. The first-order valence-corrected chi connectivity index (χ1v) is 7.44. The summed E-state index contributed by atoms with van der Waals surface area (Å²) in [4.78, 5) is 18.3. The fourth-order valence-electron chi connectivity index (χ4n) is 1.89. The van der Waals surface area contributed by atoms with Gasteiger partial charge in [0.25, 0.3) is 11.1 Å². The second kappa shape index (κ2) is 4.90. The van der Waals surface area contributed by atoms with E-state index in [1.165, 1.54) is 17.4 Å². The van der Waals surface area contributed by atoms with Crippen LogP contribution in [0.15, 0.2) is 17.6 Å². The van der Waals surface area contributed by atoms with Crippen molar-refractivity contribution in [2.45, 2.75) is 13.0 Å². The number of aromatic nitrogens is 1. The van der Waals surface area contributed by atoms with E-state index in [1.54, 1.807) is 18.0 Å². The molecule has 19 heavy (non-hydrogen) atoms. The Morgan fingerprint density at radius 1 is 1.58 bits per heavy atom. The van der Waals surface area contributed by atoms with Gasteiger partial charge in [-0.25, -0.2) is 4.98 Å². The monoisotopic (exact) mass is 298 g/mol. The lowest BCUT2D eigenvalue weighted by Crippen LogP contribution is -2.56. The second-order valence-corrected chi connectivity index (χ2v) is 6.17. The number of aryl methyl sites for hydroxylation is 1. The molecular formula is C12H11FN2O2S2. The van der Waals surface area contributed by atoms with Gasteiger partial charge < -0.3 is 9.64 Å². The molecular weight excluding hydrogens is 287 g/mol. The molecule has 2 aromatic rings. The third-order valence-corrected chi connectivity index (χ3v) is 4.57. The maximum Gasteiger partial charge on any atom is 0.273 e. The molecule has 0 saturated carbocycles. The van der Waals surface area contributed by atoms with Crippen molar-refractivity contribution in [1.82, 2.24) is 9.88 Å². The van der Waals surface area contributed by atoms with Gasteiger partial charge in [-0.2, -0.15) is 4.39 Å².